The summed E-state index contributed by atoms with van der Waals surface area (Å²) >= 11 is 0. The Morgan fingerprint density at radius 2 is 1.15 bits per heavy atom. The number of aromatic hydroxyl groups is 1. The number of rotatable bonds is 24. The zero-order valence-corrected chi connectivity index (χ0v) is 31.6. The van der Waals surface area contributed by atoms with Crippen LogP contribution in [0.15, 0.2) is 24.3 Å². The number of nitrogens with two attached hydrogens (primary N) is 5. The lowest BCUT2D eigenvalue weighted by Gasteiger charge is -2.30. The summed E-state index contributed by atoms with van der Waals surface area (Å²) in [4.78, 5) is 140. The number of phenolic OH excluding ortho intramolecular Hbond substituents is 1. The zero-order valence-electron chi connectivity index (χ0n) is 31.6. The Balaban J connectivity index is 2.37. The summed E-state index contributed by atoms with van der Waals surface area (Å²) in [5.41, 5.74) is 27.1. The Labute approximate surface area is 335 Å². The Morgan fingerprint density at radius 3 is 1.66 bits per heavy atom. The number of amides is 10. The molecule has 1 fully saturated rings. The van der Waals surface area contributed by atoms with Gasteiger partial charge < -0.3 is 75.5 Å². The van der Waals surface area contributed by atoms with Crippen LogP contribution in [0.4, 0.5) is 0 Å². The number of phenols is 1. The van der Waals surface area contributed by atoms with Crippen molar-refractivity contribution in [3.05, 3.63) is 29.8 Å². The van der Waals surface area contributed by atoms with Gasteiger partial charge >= 0.3 is 5.97 Å². The van der Waals surface area contributed by atoms with Crippen LogP contribution >= 0.6 is 0 Å². The summed E-state index contributed by atoms with van der Waals surface area (Å²) in [6, 6.07) is -5.94. The fourth-order valence-corrected chi connectivity index (χ4v) is 5.80. The molecule has 324 valence electrons. The lowest BCUT2D eigenvalue weighted by molar-refractivity contribution is -0.144. The van der Waals surface area contributed by atoms with Crippen molar-refractivity contribution < 1.29 is 68.1 Å². The second kappa shape index (κ2) is 22.7. The third-order valence-electron chi connectivity index (χ3n) is 8.77. The van der Waals surface area contributed by atoms with Gasteiger partial charge in [0, 0.05) is 19.4 Å². The highest BCUT2D eigenvalue weighted by Crippen LogP contribution is 2.20. The van der Waals surface area contributed by atoms with Gasteiger partial charge in [0.25, 0.3) is 0 Å². The topological polar surface area (TPSA) is 442 Å². The van der Waals surface area contributed by atoms with Gasteiger partial charge in [-0.25, -0.2) is 4.79 Å². The molecule has 59 heavy (non-hydrogen) atoms. The first-order valence-corrected chi connectivity index (χ1v) is 18.0. The minimum absolute atomic E-state index is 0.00897. The maximum atomic E-state index is 14.0. The van der Waals surface area contributed by atoms with Gasteiger partial charge in [-0.2, -0.15) is 0 Å². The van der Waals surface area contributed by atoms with Crippen molar-refractivity contribution in [3.63, 3.8) is 0 Å². The van der Waals surface area contributed by atoms with E-state index in [9.17, 15) is 63.0 Å². The molecule has 1 aliphatic heterocycles. The molecule has 10 amide bonds. The second-order valence-corrected chi connectivity index (χ2v) is 13.5. The molecule has 18 N–H and O–H groups in total. The molecule has 0 saturated carbocycles. The zero-order chi connectivity index (χ0) is 44.6. The number of carboxylic acids is 1. The number of carbonyl (C=O) groups is 11. The Bertz CT molecular complexity index is 1780. The van der Waals surface area contributed by atoms with Gasteiger partial charge in [0.2, 0.25) is 59.1 Å². The fraction of sp³-hybridized carbons (Fsp3) is 0.500. The van der Waals surface area contributed by atoms with Gasteiger partial charge in [0.15, 0.2) is 0 Å². The average molecular weight is 836 g/mol. The normalized spacial score (nSPS) is 16.4. The summed E-state index contributed by atoms with van der Waals surface area (Å²) < 4.78 is 0. The van der Waals surface area contributed by atoms with Crippen LogP contribution in [0.3, 0.4) is 0 Å². The van der Waals surface area contributed by atoms with E-state index in [2.05, 4.69) is 21.3 Å². The lowest BCUT2D eigenvalue weighted by Crippen LogP contribution is -2.60. The maximum absolute atomic E-state index is 14.0. The van der Waals surface area contributed by atoms with E-state index >= 15 is 0 Å². The van der Waals surface area contributed by atoms with Gasteiger partial charge in [0.05, 0.1) is 31.9 Å². The Hall–Kier alpha value is -6.89. The number of aliphatic hydroxyl groups excluding tert-OH is 1. The number of hydrogen-bond donors (Lipinski definition) is 13. The van der Waals surface area contributed by atoms with E-state index in [0.717, 1.165) is 4.90 Å². The number of nitrogens with zero attached hydrogens (tertiary/aromatic N) is 1. The summed E-state index contributed by atoms with van der Waals surface area (Å²) in [6.07, 6.45) is -3.27. The van der Waals surface area contributed by atoms with E-state index < -0.39 is 146 Å². The molecule has 1 aromatic carbocycles. The molecular weight excluding hydrogens is 786 g/mol. The van der Waals surface area contributed by atoms with Gasteiger partial charge in [-0.1, -0.05) is 12.1 Å². The van der Waals surface area contributed by atoms with Crippen LogP contribution in [-0.2, 0) is 59.2 Å². The molecule has 1 saturated heterocycles. The molecule has 0 bridgehead atoms. The van der Waals surface area contributed by atoms with Gasteiger partial charge in [-0.05, 0) is 37.0 Å². The standard InChI is InChI=1S/C34H49N11O14/c35-17(11-25(37)49)28(52)41-19(10-15-3-5-16(47)6-4-15)29(53)42-20(12-26(38)50)30(54)40-18(7-8-24(36)48)33(57)45-9-1-2-23(45)32(56)43-21(13-27(39)51)31(55)44-22(14-46)34(58)59/h3-6,17-23,46-47H,1-2,7-14,35H2,(H2,36,48)(H2,37,49)(H2,38,50)(H2,39,51)(H,40,54)(H,41,52)(H,42,53)(H,43,56)(H,44,55)(H,58,59)/t17-,18-,19-,20-,21-,22-,23-/m0/s1. The molecule has 7 atom stereocenters. The van der Waals surface area contributed by atoms with Crippen molar-refractivity contribution in [3.8, 4) is 5.75 Å². The Kier molecular flexibility index (Phi) is 18.6. The van der Waals surface area contributed by atoms with Crippen molar-refractivity contribution in [1.82, 2.24) is 31.5 Å². The van der Waals surface area contributed by atoms with E-state index in [1.807, 2.05) is 5.32 Å². The molecule has 25 nitrogen and oxygen atoms in total. The number of carbonyl (C=O) groups excluding carboxylic acids is 10. The molecular formula is C34H49N11O14. The van der Waals surface area contributed by atoms with Crippen molar-refractivity contribution in [2.45, 2.75) is 93.7 Å². The number of primary amides is 4. The quantitative estimate of drug-likeness (QED) is 0.0460. The van der Waals surface area contributed by atoms with E-state index in [1.165, 1.54) is 24.3 Å². The molecule has 0 unspecified atom stereocenters. The Morgan fingerprint density at radius 1 is 0.661 bits per heavy atom. The molecule has 1 aromatic rings. The third-order valence-corrected chi connectivity index (χ3v) is 8.77. The summed E-state index contributed by atoms with van der Waals surface area (Å²) in [5, 5.41) is 39.3. The molecule has 2 rings (SSSR count). The minimum Gasteiger partial charge on any atom is -0.508 e. The first-order valence-electron chi connectivity index (χ1n) is 18.0. The summed E-state index contributed by atoms with van der Waals surface area (Å²) in [6.45, 7) is -1.13. The number of hydrogen-bond acceptors (Lipinski definition) is 14. The molecule has 0 radical (unpaired) electrons. The first-order chi connectivity index (χ1) is 27.6. The van der Waals surface area contributed by atoms with Crippen LogP contribution < -0.4 is 55.3 Å². The largest absolute Gasteiger partial charge is 0.508 e. The van der Waals surface area contributed by atoms with Crippen molar-refractivity contribution in [2.75, 3.05) is 13.2 Å². The minimum atomic E-state index is -1.82. The van der Waals surface area contributed by atoms with E-state index in [1.54, 1.807) is 0 Å². The molecule has 0 spiro atoms. The molecule has 0 aliphatic carbocycles. The van der Waals surface area contributed by atoms with Crippen LogP contribution in [0.1, 0.15) is 50.5 Å². The summed E-state index contributed by atoms with van der Waals surface area (Å²) in [5.74, 6) is -12.1. The lowest BCUT2D eigenvalue weighted by atomic mass is 10.0. The molecule has 1 heterocycles. The number of aliphatic carboxylic acids is 1. The predicted octanol–water partition coefficient (Wildman–Crippen LogP) is -7.35. The first kappa shape index (κ1) is 48.3. The number of aliphatic hydroxyl groups is 1. The highest BCUT2D eigenvalue weighted by molar-refractivity contribution is 5.99. The summed E-state index contributed by atoms with van der Waals surface area (Å²) in [7, 11) is 0. The van der Waals surface area contributed by atoms with Crippen molar-refractivity contribution >= 4 is 65.0 Å². The molecule has 25 heteroatoms. The van der Waals surface area contributed by atoms with Gasteiger partial charge in [-0.15, -0.1) is 0 Å². The van der Waals surface area contributed by atoms with Crippen LogP contribution in [-0.4, -0.2) is 141 Å². The van der Waals surface area contributed by atoms with E-state index in [4.69, 9.17) is 33.8 Å². The highest BCUT2D eigenvalue weighted by Gasteiger charge is 2.40. The van der Waals surface area contributed by atoms with Crippen LogP contribution in [0.25, 0.3) is 0 Å². The van der Waals surface area contributed by atoms with E-state index in [-0.39, 0.29) is 31.6 Å². The smallest absolute Gasteiger partial charge is 0.328 e. The van der Waals surface area contributed by atoms with Crippen molar-refractivity contribution in [2.24, 2.45) is 28.7 Å². The van der Waals surface area contributed by atoms with Crippen molar-refractivity contribution in [1.29, 1.82) is 0 Å². The van der Waals surface area contributed by atoms with Gasteiger partial charge in [-0.3, -0.25) is 47.9 Å². The van der Waals surface area contributed by atoms with Crippen LogP contribution in [0.5, 0.6) is 5.75 Å². The number of likely N-dealkylation sites (tertiary alicyclic amines) is 1. The van der Waals surface area contributed by atoms with Gasteiger partial charge in [0.1, 0.15) is 42.0 Å². The highest BCUT2D eigenvalue weighted by atomic mass is 16.4. The SMILES string of the molecule is NC(=O)CC[C@H](NC(=O)[C@H](CC(N)=O)NC(=O)[C@H](Cc1ccc(O)cc1)NC(=O)[C@@H](N)CC(N)=O)C(=O)N1CCC[C@H]1C(=O)N[C@@H](CC(N)=O)C(=O)N[C@@H](CO)C(=O)O. The number of carboxylic acid groups (broad SMARTS) is 1. The predicted molar refractivity (Wildman–Crippen MR) is 199 cm³/mol. The number of benzene rings is 1. The number of nitrogens with one attached hydrogen (secondary N) is 5. The fourth-order valence-electron chi connectivity index (χ4n) is 5.80. The molecule has 0 aromatic heterocycles. The van der Waals surface area contributed by atoms with E-state index in [0.29, 0.717) is 5.56 Å². The third kappa shape index (κ3) is 15.9. The maximum Gasteiger partial charge on any atom is 0.328 e. The van der Waals surface area contributed by atoms with Crippen LogP contribution in [0, 0.1) is 0 Å². The monoisotopic (exact) mass is 835 g/mol. The molecule has 1 aliphatic rings. The average Bonchev–Trinajstić information content (AvgIpc) is 3.64. The second-order valence-electron chi connectivity index (χ2n) is 13.5. The van der Waals surface area contributed by atoms with Crippen LogP contribution in [0.2, 0.25) is 0 Å².